The van der Waals surface area contributed by atoms with E-state index in [2.05, 4.69) is 77.7 Å². The molecule has 0 aliphatic carbocycles. The lowest BCUT2D eigenvalue weighted by molar-refractivity contribution is 0.212. The molecule has 2 atom stereocenters. The SMILES string of the molecule is CCC(C)n1ccc(CC(CNC(C)(C)C)C(C)(C)C)n1. The van der Waals surface area contributed by atoms with Gasteiger partial charge in [-0.05, 0) is 64.5 Å². The van der Waals surface area contributed by atoms with Gasteiger partial charge in [-0.1, -0.05) is 27.7 Å². The second-order valence-electron chi connectivity index (χ2n) is 8.44. The first kappa shape index (κ1) is 18.2. The fourth-order valence-corrected chi connectivity index (χ4v) is 2.29. The number of aromatic nitrogens is 2. The van der Waals surface area contributed by atoms with Gasteiger partial charge in [-0.2, -0.15) is 5.10 Å². The van der Waals surface area contributed by atoms with Crippen molar-refractivity contribution in [3.05, 3.63) is 18.0 Å². The van der Waals surface area contributed by atoms with E-state index in [-0.39, 0.29) is 11.0 Å². The molecule has 0 saturated heterocycles. The van der Waals surface area contributed by atoms with Crippen LogP contribution in [-0.2, 0) is 6.42 Å². The van der Waals surface area contributed by atoms with Crippen LogP contribution in [-0.4, -0.2) is 21.9 Å². The highest BCUT2D eigenvalue weighted by atomic mass is 15.3. The summed E-state index contributed by atoms with van der Waals surface area (Å²) >= 11 is 0. The Balaban J connectivity index is 2.75. The molecule has 1 N–H and O–H groups in total. The van der Waals surface area contributed by atoms with Gasteiger partial charge >= 0.3 is 0 Å². The molecule has 1 heterocycles. The first-order valence-electron chi connectivity index (χ1n) is 8.32. The molecule has 0 spiro atoms. The second-order valence-corrected chi connectivity index (χ2v) is 8.44. The molecule has 1 aromatic rings. The minimum Gasteiger partial charge on any atom is -0.312 e. The van der Waals surface area contributed by atoms with Gasteiger partial charge in [0.2, 0.25) is 0 Å². The van der Waals surface area contributed by atoms with E-state index in [1.165, 1.54) is 5.69 Å². The predicted octanol–water partition coefficient (Wildman–Crippen LogP) is 4.45. The maximum absolute atomic E-state index is 4.77. The average Bonchev–Trinajstić information content (AvgIpc) is 2.79. The van der Waals surface area contributed by atoms with Crippen molar-refractivity contribution in [2.24, 2.45) is 11.3 Å². The summed E-state index contributed by atoms with van der Waals surface area (Å²) in [6.07, 6.45) is 4.28. The third-order valence-electron chi connectivity index (χ3n) is 4.27. The highest BCUT2D eigenvalue weighted by Gasteiger charge is 2.27. The second kappa shape index (κ2) is 6.95. The summed E-state index contributed by atoms with van der Waals surface area (Å²) < 4.78 is 2.10. The monoisotopic (exact) mass is 293 g/mol. The van der Waals surface area contributed by atoms with Crippen LogP contribution in [0.2, 0.25) is 0 Å². The van der Waals surface area contributed by atoms with Crippen LogP contribution < -0.4 is 5.32 Å². The molecule has 122 valence electrons. The zero-order valence-electron chi connectivity index (χ0n) is 15.3. The molecule has 21 heavy (non-hydrogen) atoms. The minimum absolute atomic E-state index is 0.166. The van der Waals surface area contributed by atoms with E-state index in [1.807, 2.05) is 0 Å². The Morgan fingerprint density at radius 1 is 1.19 bits per heavy atom. The molecule has 0 fully saturated rings. The van der Waals surface area contributed by atoms with Gasteiger partial charge in [0.15, 0.2) is 0 Å². The molecule has 0 amide bonds. The van der Waals surface area contributed by atoms with E-state index in [4.69, 9.17) is 5.10 Å². The average molecular weight is 293 g/mol. The summed E-state index contributed by atoms with van der Waals surface area (Å²) in [7, 11) is 0. The summed E-state index contributed by atoms with van der Waals surface area (Å²) in [6.45, 7) is 19.1. The Bertz CT molecular complexity index is 420. The molecule has 0 saturated carbocycles. The summed E-state index contributed by atoms with van der Waals surface area (Å²) in [5.74, 6) is 0.581. The van der Waals surface area contributed by atoms with Crippen molar-refractivity contribution >= 4 is 0 Å². The van der Waals surface area contributed by atoms with Crippen LogP contribution in [0.4, 0.5) is 0 Å². The maximum Gasteiger partial charge on any atom is 0.0628 e. The number of hydrogen-bond donors (Lipinski definition) is 1. The number of nitrogens with one attached hydrogen (secondary N) is 1. The predicted molar refractivity (Wildman–Crippen MR) is 91.6 cm³/mol. The van der Waals surface area contributed by atoms with E-state index >= 15 is 0 Å². The molecule has 2 unspecified atom stereocenters. The highest BCUT2D eigenvalue weighted by Crippen LogP contribution is 2.29. The van der Waals surface area contributed by atoms with Crippen LogP contribution in [0.15, 0.2) is 12.3 Å². The molecule has 0 aliphatic heterocycles. The van der Waals surface area contributed by atoms with Gasteiger partial charge in [-0.15, -0.1) is 0 Å². The Kier molecular flexibility index (Phi) is 6.03. The van der Waals surface area contributed by atoms with Crippen molar-refractivity contribution in [3.63, 3.8) is 0 Å². The van der Waals surface area contributed by atoms with Gasteiger partial charge in [0.05, 0.1) is 5.69 Å². The van der Waals surface area contributed by atoms with Crippen LogP contribution in [0, 0.1) is 11.3 Å². The zero-order chi connectivity index (χ0) is 16.3. The lowest BCUT2D eigenvalue weighted by Crippen LogP contribution is -2.42. The van der Waals surface area contributed by atoms with Gasteiger partial charge in [-0.3, -0.25) is 4.68 Å². The smallest absolute Gasteiger partial charge is 0.0628 e. The van der Waals surface area contributed by atoms with Gasteiger partial charge < -0.3 is 5.32 Å². The molecule has 0 bridgehead atoms. The van der Waals surface area contributed by atoms with Crippen LogP contribution in [0.3, 0.4) is 0 Å². The van der Waals surface area contributed by atoms with E-state index < -0.39 is 0 Å². The van der Waals surface area contributed by atoms with Crippen LogP contribution in [0.25, 0.3) is 0 Å². The quantitative estimate of drug-likeness (QED) is 0.840. The molecular weight excluding hydrogens is 258 g/mol. The maximum atomic E-state index is 4.77. The summed E-state index contributed by atoms with van der Waals surface area (Å²) in [5, 5.41) is 8.42. The topological polar surface area (TPSA) is 29.9 Å². The van der Waals surface area contributed by atoms with Gasteiger partial charge in [0.25, 0.3) is 0 Å². The van der Waals surface area contributed by atoms with Crippen molar-refractivity contribution in [3.8, 4) is 0 Å². The third-order valence-corrected chi connectivity index (χ3v) is 4.27. The molecule has 1 rings (SSSR count). The molecule has 0 aromatic carbocycles. The number of nitrogens with zero attached hydrogens (tertiary/aromatic N) is 2. The minimum atomic E-state index is 0.166. The summed E-state index contributed by atoms with van der Waals surface area (Å²) in [5.41, 5.74) is 1.66. The molecule has 3 nitrogen and oxygen atoms in total. The Labute approximate surface area is 131 Å². The van der Waals surface area contributed by atoms with Crippen LogP contribution in [0.5, 0.6) is 0 Å². The normalized spacial score (nSPS) is 16.0. The Morgan fingerprint density at radius 2 is 1.81 bits per heavy atom. The van der Waals surface area contributed by atoms with Crippen LogP contribution in [0.1, 0.15) is 73.5 Å². The highest BCUT2D eigenvalue weighted by molar-refractivity contribution is 5.02. The fourth-order valence-electron chi connectivity index (χ4n) is 2.29. The largest absolute Gasteiger partial charge is 0.312 e. The first-order valence-corrected chi connectivity index (χ1v) is 8.32. The van der Waals surface area contributed by atoms with E-state index in [1.54, 1.807) is 0 Å². The van der Waals surface area contributed by atoms with Crippen LogP contribution >= 0.6 is 0 Å². The van der Waals surface area contributed by atoms with Gasteiger partial charge in [0, 0.05) is 17.8 Å². The van der Waals surface area contributed by atoms with Crippen molar-refractivity contribution in [2.45, 2.75) is 79.8 Å². The zero-order valence-corrected chi connectivity index (χ0v) is 15.3. The van der Waals surface area contributed by atoms with Crippen molar-refractivity contribution in [1.29, 1.82) is 0 Å². The molecular formula is C18H35N3. The van der Waals surface area contributed by atoms with E-state index in [0.29, 0.717) is 12.0 Å². The lowest BCUT2D eigenvalue weighted by Gasteiger charge is -2.33. The van der Waals surface area contributed by atoms with E-state index in [0.717, 1.165) is 19.4 Å². The van der Waals surface area contributed by atoms with Crippen molar-refractivity contribution < 1.29 is 0 Å². The number of hydrogen-bond acceptors (Lipinski definition) is 2. The first-order chi connectivity index (χ1) is 9.53. The Hall–Kier alpha value is -0.830. The summed E-state index contributed by atoms with van der Waals surface area (Å²) in [4.78, 5) is 0. The lowest BCUT2D eigenvalue weighted by atomic mass is 9.77. The third kappa shape index (κ3) is 6.21. The van der Waals surface area contributed by atoms with E-state index in [9.17, 15) is 0 Å². The Morgan fingerprint density at radius 3 is 2.29 bits per heavy atom. The fraction of sp³-hybridized carbons (Fsp3) is 0.833. The molecule has 0 aliphatic rings. The molecule has 0 radical (unpaired) electrons. The standard InChI is InChI=1S/C18H35N3/c1-9-14(2)21-11-10-16(20-21)12-15(17(3,4)5)13-19-18(6,7)8/h10-11,14-15,19H,9,12-13H2,1-8H3. The van der Waals surface area contributed by atoms with Crippen molar-refractivity contribution in [1.82, 2.24) is 15.1 Å². The summed E-state index contributed by atoms with van der Waals surface area (Å²) in [6, 6.07) is 2.67. The van der Waals surface area contributed by atoms with Gasteiger partial charge in [-0.25, -0.2) is 0 Å². The molecule has 3 heteroatoms. The van der Waals surface area contributed by atoms with Crippen molar-refractivity contribution in [2.75, 3.05) is 6.54 Å². The molecule has 1 aromatic heterocycles. The number of rotatable bonds is 6. The van der Waals surface area contributed by atoms with Gasteiger partial charge in [0.1, 0.15) is 0 Å².